The Kier molecular flexibility index (Phi) is 1.82. The second kappa shape index (κ2) is 2.47. The van der Waals surface area contributed by atoms with E-state index in [2.05, 4.69) is 42.9 Å². The molecular formula is C9H12Si. The highest BCUT2D eigenvalue weighted by Crippen LogP contribution is 2.27. The summed E-state index contributed by atoms with van der Waals surface area (Å²) >= 11 is 0. The Bertz CT molecular complexity index is 203. The summed E-state index contributed by atoms with van der Waals surface area (Å²) in [5.41, 5.74) is 3.49. The van der Waals surface area contributed by atoms with Gasteiger partial charge in [0.25, 0.3) is 0 Å². The first kappa shape index (κ1) is 7.36. The quantitative estimate of drug-likeness (QED) is 0.395. The zero-order valence-corrected chi connectivity index (χ0v) is 7.46. The molecule has 52 valence electrons. The monoisotopic (exact) mass is 148 g/mol. The molecule has 1 aliphatic carbocycles. The van der Waals surface area contributed by atoms with Crippen LogP contribution >= 0.6 is 0 Å². The van der Waals surface area contributed by atoms with Gasteiger partial charge in [-0.05, 0) is 0 Å². The van der Waals surface area contributed by atoms with E-state index in [1.807, 2.05) is 0 Å². The van der Waals surface area contributed by atoms with Crippen molar-refractivity contribution in [1.82, 2.24) is 0 Å². The average Bonchev–Trinajstić information content (AvgIpc) is 2.38. The molecule has 0 aliphatic heterocycles. The number of hydrogen-bond acceptors (Lipinski definition) is 0. The molecule has 0 saturated carbocycles. The largest absolute Gasteiger partial charge is 0.142 e. The third kappa shape index (κ3) is 1.22. The van der Waals surface area contributed by atoms with Crippen LogP contribution < -0.4 is 0 Å². The van der Waals surface area contributed by atoms with Crippen molar-refractivity contribution in [2.75, 3.05) is 0 Å². The first-order valence-electron chi connectivity index (χ1n) is 3.49. The molecule has 0 saturated heterocycles. The van der Waals surface area contributed by atoms with Crippen LogP contribution in [-0.4, -0.2) is 8.07 Å². The molecule has 0 amide bonds. The first-order valence-corrected chi connectivity index (χ1v) is 6.57. The molecule has 0 nitrogen and oxygen atoms in total. The van der Waals surface area contributed by atoms with E-state index in [-0.39, 0.29) is 0 Å². The topological polar surface area (TPSA) is 0 Å². The molecular weight excluding hydrogens is 136 g/mol. The molecule has 10 heavy (non-hydrogen) atoms. The van der Waals surface area contributed by atoms with Gasteiger partial charge in [0.15, 0.2) is 0 Å². The van der Waals surface area contributed by atoms with Crippen LogP contribution in [0.3, 0.4) is 0 Å². The smallest absolute Gasteiger partial charge is 0.134 e. The number of rotatable bonds is 1. The fourth-order valence-corrected chi connectivity index (χ4v) is 2.39. The van der Waals surface area contributed by atoms with Crippen molar-refractivity contribution in [1.29, 1.82) is 0 Å². The van der Waals surface area contributed by atoms with Gasteiger partial charge in [0, 0.05) is 5.54 Å². The normalized spacial score (nSPS) is 17.7. The Morgan fingerprint density at radius 1 is 1.30 bits per heavy atom. The van der Waals surface area contributed by atoms with Crippen molar-refractivity contribution in [3.05, 3.63) is 24.3 Å². The molecule has 0 aromatic heterocycles. The lowest BCUT2D eigenvalue weighted by molar-refractivity contribution is 1.32. The third-order valence-corrected chi connectivity index (χ3v) is 4.75. The highest BCUT2D eigenvalue weighted by Gasteiger charge is 2.26. The molecule has 0 N–H and O–H groups in total. The highest BCUT2D eigenvalue weighted by molar-refractivity contribution is 6.87. The fraction of sp³-hybridized carbons (Fsp3) is 0.333. The minimum absolute atomic E-state index is 0.567. The van der Waals surface area contributed by atoms with Crippen molar-refractivity contribution < 1.29 is 0 Å². The van der Waals surface area contributed by atoms with E-state index in [0.29, 0.717) is 5.54 Å². The lowest BCUT2D eigenvalue weighted by Crippen LogP contribution is -2.27. The lowest BCUT2D eigenvalue weighted by Gasteiger charge is -2.19. The van der Waals surface area contributed by atoms with Gasteiger partial charge in [0.05, 0.1) is 0 Å². The Labute approximate surface area is 63.7 Å². The molecule has 0 bridgehead atoms. The molecule has 0 aromatic carbocycles. The van der Waals surface area contributed by atoms with Crippen LogP contribution in [0.5, 0.6) is 0 Å². The molecule has 1 rings (SSSR count). The number of hydrogen-bond donors (Lipinski definition) is 0. The maximum absolute atomic E-state index is 5.43. The summed E-state index contributed by atoms with van der Waals surface area (Å²) in [4.78, 5) is 0. The van der Waals surface area contributed by atoms with Gasteiger partial charge >= 0.3 is 0 Å². The first-order chi connectivity index (χ1) is 4.67. The minimum Gasteiger partial charge on any atom is -0.134 e. The van der Waals surface area contributed by atoms with E-state index >= 15 is 0 Å². The van der Waals surface area contributed by atoms with Crippen LogP contribution in [0.2, 0.25) is 18.6 Å². The zero-order valence-electron chi connectivity index (χ0n) is 6.46. The maximum Gasteiger partial charge on any atom is 0.142 e. The molecule has 0 spiro atoms. The van der Waals surface area contributed by atoms with Gasteiger partial charge in [-0.2, -0.15) is 0 Å². The summed E-state index contributed by atoms with van der Waals surface area (Å²) in [5, 5.41) is 0. The SMILES string of the molecule is C#C[Si](C)(C)C1C=CC=C1. The van der Waals surface area contributed by atoms with Gasteiger partial charge in [-0.25, -0.2) is 0 Å². The number of terminal acetylenes is 1. The van der Waals surface area contributed by atoms with Crippen LogP contribution in [0.1, 0.15) is 0 Å². The second-order valence-corrected chi connectivity index (χ2v) is 7.56. The van der Waals surface area contributed by atoms with Crippen LogP contribution in [0.25, 0.3) is 0 Å². The molecule has 1 heteroatoms. The molecule has 1 aliphatic rings. The van der Waals surface area contributed by atoms with Gasteiger partial charge in [-0.1, -0.05) is 37.4 Å². The summed E-state index contributed by atoms with van der Waals surface area (Å²) in [7, 11) is -1.39. The Morgan fingerprint density at radius 3 is 2.20 bits per heavy atom. The van der Waals surface area contributed by atoms with Gasteiger partial charge in [0.2, 0.25) is 0 Å². The van der Waals surface area contributed by atoms with E-state index < -0.39 is 8.07 Å². The third-order valence-electron chi connectivity index (χ3n) is 1.95. The summed E-state index contributed by atoms with van der Waals surface area (Å²) in [6, 6.07) is 0. The molecule has 0 atom stereocenters. The summed E-state index contributed by atoms with van der Waals surface area (Å²) in [6.07, 6.45) is 14.0. The maximum atomic E-state index is 5.43. The molecule has 0 unspecified atom stereocenters. The Hall–Kier alpha value is -0.743. The van der Waals surface area contributed by atoms with Crippen molar-refractivity contribution >= 4 is 8.07 Å². The van der Waals surface area contributed by atoms with Crippen molar-refractivity contribution in [2.24, 2.45) is 0 Å². The summed E-state index contributed by atoms with van der Waals surface area (Å²) in [6.45, 7) is 4.44. The lowest BCUT2D eigenvalue weighted by atomic mass is 10.5. The molecule has 0 aromatic rings. The molecule has 0 radical (unpaired) electrons. The van der Waals surface area contributed by atoms with Crippen LogP contribution in [-0.2, 0) is 0 Å². The molecule has 0 heterocycles. The zero-order chi connectivity index (χ0) is 7.61. The van der Waals surface area contributed by atoms with Crippen molar-refractivity contribution in [2.45, 2.75) is 18.6 Å². The Morgan fingerprint density at radius 2 is 1.80 bits per heavy atom. The van der Waals surface area contributed by atoms with E-state index in [4.69, 9.17) is 6.42 Å². The molecule has 0 fully saturated rings. The fourth-order valence-electron chi connectivity index (χ4n) is 1.01. The van der Waals surface area contributed by atoms with E-state index in [1.165, 1.54) is 0 Å². The van der Waals surface area contributed by atoms with Crippen molar-refractivity contribution in [3.63, 3.8) is 0 Å². The predicted molar refractivity (Wildman–Crippen MR) is 48.3 cm³/mol. The summed E-state index contributed by atoms with van der Waals surface area (Å²) in [5.74, 6) is 0. The average molecular weight is 148 g/mol. The van der Waals surface area contributed by atoms with Crippen LogP contribution in [0.15, 0.2) is 24.3 Å². The van der Waals surface area contributed by atoms with Crippen molar-refractivity contribution in [3.8, 4) is 12.0 Å². The minimum atomic E-state index is -1.39. The van der Waals surface area contributed by atoms with Gasteiger partial charge in [-0.15, -0.1) is 12.0 Å². The van der Waals surface area contributed by atoms with E-state index in [0.717, 1.165) is 0 Å². The standard InChI is InChI=1S/C9H12Si/c1-4-10(2,3)9-7-5-6-8-9/h1,5-9H,2-3H3. The van der Waals surface area contributed by atoms with Crippen LogP contribution in [0, 0.1) is 12.0 Å². The van der Waals surface area contributed by atoms with Gasteiger partial charge in [0.1, 0.15) is 8.07 Å². The highest BCUT2D eigenvalue weighted by atomic mass is 28.3. The Balaban J connectivity index is 2.76. The van der Waals surface area contributed by atoms with Gasteiger partial charge in [-0.3, -0.25) is 0 Å². The summed E-state index contributed by atoms with van der Waals surface area (Å²) < 4.78 is 0. The van der Waals surface area contributed by atoms with E-state index in [9.17, 15) is 0 Å². The predicted octanol–water partition coefficient (Wildman–Crippen LogP) is 2.36. The number of allylic oxidation sites excluding steroid dienone is 4. The second-order valence-electron chi connectivity index (χ2n) is 3.16. The van der Waals surface area contributed by atoms with E-state index in [1.54, 1.807) is 0 Å². The van der Waals surface area contributed by atoms with Gasteiger partial charge < -0.3 is 0 Å². The van der Waals surface area contributed by atoms with Crippen LogP contribution in [0.4, 0.5) is 0 Å².